The van der Waals surface area contributed by atoms with Gasteiger partial charge >= 0.3 is 0 Å². The lowest BCUT2D eigenvalue weighted by molar-refractivity contribution is 0.0952. The summed E-state index contributed by atoms with van der Waals surface area (Å²) in [5.74, 6) is 0.830. The molecule has 1 aliphatic heterocycles. The molecule has 92 valence electrons. The molecule has 0 spiro atoms. The number of carbonyl (C=O) groups excluding carboxylic acids is 1. The zero-order valence-electron chi connectivity index (χ0n) is 10.3. The van der Waals surface area contributed by atoms with Gasteiger partial charge in [-0.25, -0.2) is 0 Å². The molecular formula is C14H20N2O. The number of anilines is 1. The van der Waals surface area contributed by atoms with Crippen molar-refractivity contribution < 1.29 is 4.79 Å². The lowest BCUT2D eigenvalue weighted by atomic mass is 9.90. The summed E-state index contributed by atoms with van der Waals surface area (Å²) < 4.78 is 0. The van der Waals surface area contributed by atoms with Crippen LogP contribution in [0.2, 0.25) is 0 Å². The average molecular weight is 232 g/mol. The molecule has 0 saturated carbocycles. The van der Waals surface area contributed by atoms with E-state index >= 15 is 0 Å². The minimum atomic E-state index is 0.272. The lowest BCUT2D eigenvalue weighted by Gasteiger charge is -2.21. The molecule has 0 radical (unpaired) electrons. The van der Waals surface area contributed by atoms with Crippen molar-refractivity contribution in [1.29, 1.82) is 0 Å². The molecule has 0 aliphatic carbocycles. The molecule has 1 aromatic rings. The molecular weight excluding hydrogens is 212 g/mol. The van der Waals surface area contributed by atoms with Crippen LogP contribution in [0, 0.1) is 5.92 Å². The maximum absolute atomic E-state index is 12.1. The number of nitrogens with one attached hydrogen (secondary N) is 2. The van der Waals surface area contributed by atoms with Gasteiger partial charge in [0.25, 0.3) is 0 Å². The van der Waals surface area contributed by atoms with Gasteiger partial charge in [-0.2, -0.15) is 0 Å². The Hall–Kier alpha value is -1.35. The minimum Gasteiger partial charge on any atom is -0.388 e. The van der Waals surface area contributed by atoms with Crippen LogP contribution in [0.4, 0.5) is 5.69 Å². The van der Waals surface area contributed by atoms with E-state index in [2.05, 4.69) is 10.6 Å². The van der Waals surface area contributed by atoms with Gasteiger partial charge in [-0.15, -0.1) is 0 Å². The first-order valence-corrected chi connectivity index (χ1v) is 6.31. The van der Waals surface area contributed by atoms with Crippen molar-refractivity contribution >= 4 is 11.5 Å². The normalized spacial score (nSPS) is 16.8. The van der Waals surface area contributed by atoms with Gasteiger partial charge in [-0.3, -0.25) is 4.79 Å². The number of Topliss-reactive ketones (excluding diaryl/α,β-unsaturated/α-hetero) is 1. The first kappa shape index (κ1) is 12.1. The van der Waals surface area contributed by atoms with Gasteiger partial charge in [-0.1, -0.05) is 12.1 Å². The Morgan fingerprint density at radius 3 is 2.88 bits per heavy atom. The van der Waals surface area contributed by atoms with Crippen molar-refractivity contribution in [3.05, 3.63) is 29.8 Å². The maximum Gasteiger partial charge on any atom is 0.163 e. The SMILES string of the molecule is CNc1cccc(C(=O)CC2CCNCC2)c1. The molecule has 1 aromatic carbocycles. The summed E-state index contributed by atoms with van der Waals surface area (Å²) in [7, 11) is 1.87. The van der Waals surface area contributed by atoms with Crippen LogP contribution in [0.15, 0.2) is 24.3 Å². The maximum atomic E-state index is 12.1. The molecule has 1 heterocycles. The summed E-state index contributed by atoms with van der Waals surface area (Å²) in [5.41, 5.74) is 1.83. The number of benzene rings is 1. The Kier molecular flexibility index (Phi) is 4.15. The predicted molar refractivity (Wildman–Crippen MR) is 70.5 cm³/mol. The average Bonchev–Trinajstić information content (AvgIpc) is 2.40. The Balaban J connectivity index is 1.98. The molecule has 2 rings (SSSR count). The van der Waals surface area contributed by atoms with Crippen LogP contribution >= 0.6 is 0 Å². The molecule has 0 bridgehead atoms. The van der Waals surface area contributed by atoms with Gasteiger partial charge in [0, 0.05) is 24.7 Å². The smallest absolute Gasteiger partial charge is 0.163 e. The number of ketones is 1. The highest BCUT2D eigenvalue weighted by Gasteiger charge is 2.17. The Morgan fingerprint density at radius 2 is 2.18 bits per heavy atom. The van der Waals surface area contributed by atoms with Crippen LogP contribution < -0.4 is 10.6 Å². The molecule has 0 unspecified atom stereocenters. The van der Waals surface area contributed by atoms with E-state index in [1.54, 1.807) is 0 Å². The summed E-state index contributed by atoms with van der Waals surface area (Å²) in [6.07, 6.45) is 2.93. The Labute approximate surface area is 103 Å². The molecule has 17 heavy (non-hydrogen) atoms. The van der Waals surface area contributed by atoms with Crippen LogP contribution in [-0.2, 0) is 0 Å². The fourth-order valence-corrected chi connectivity index (χ4v) is 2.31. The van der Waals surface area contributed by atoms with Crippen molar-refractivity contribution in [1.82, 2.24) is 5.32 Å². The largest absolute Gasteiger partial charge is 0.388 e. The molecule has 1 fully saturated rings. The van der Waals surface area contributed by atoms with E-state index in [4.69, 9.17) is 0 Å². The summed E-state index contributed by atoms with van der Waals surface area (Å²) in [5, 5.41) is 6.39. The molecule has 0 atom stereocenters. The third-order valence-corrected chi connectivity index (χ3v) is 3.41. The zero-order valence-corrected chi connectivity index (χ0v) is 10.3. The van der Waals surface area contributed by atoms with Crippen molar-refractivity contribution in [3.8, 4) is 0 Å². The van der Waals surface area contributed by atoms with Gasteiger partial charge in [0.2, 0.25) is 0 Å². The topological polar surface area (TPSA) is 41.1 Å². The Bertz CT molecular complexity index is 384. The molecule has 1 saturated heterocycles. The standard InChI is InChI=1S/C14H20N2O/c1-15-13-4-2-3-12(10-13)14(17)9-11-5-7-16-8-6-11/h2-4,10-11,15-16H,5-9H2,1H3. The van der Waals surface area contributed by atoms with Gasteiger partial charge in [0.05, 0.1) is 0 Å². The van der Waals surface area contributed by atoms with E-state index in [1.165, 1.54) is 0 Å². The second-order valence-electron chi connectivity index (χ2n) is 4.65. The molecule has 0 amide bonds. The summed E-state index contributed by atoms with van der Waals surface area (Å²) in [4.78, 5) is 12.1. The van der Waals surface area contributed by atoms with Crippen LogP contribution in [0.3, 0.4) is 0 Å². The number of rotatable bonds is 4. The number of piperidine rings is 1. The summed E-state index contributed by atoms with van der Waals surface area (Å²) in [6.45, 7) is 2.10. The zero-order chi connectivity index (χ0) is 12.1. The van der Waals surface area contributed by atoms with Crippen molar-refractivity contribution in [3.63, 3.8) is 0 Å². The van der Waals surface area contributed by atoms with E-state index in [0.717, 1.165) is 37.2 Å². The van der Waals surface area contributed by atoms with Gasteiger partial charge < -0.3 is 10.6 Å². The molecule has 2 N–H and O–H groups in total. The highest BCUT2D eigenvalue weighted by molar-refractivity contribution is 5.97. The third kappa shape index (κ3) is 3.30. The summed E-state index contributed by atoms with van der Waals surface area (Å²) >= 11 is 0. The third-order valence-electron chi connectivity index (χ3n) is 3.41. The van der Waals surface area contributed by atoms with E-state index in [9.17, 15) is 4.79 Å². The first-order chi connectivity index (χ1) is 8.29. The number of hydrogen-bond acceptors (Lipinski definition) is 3. The highest BCUT2D eigenvalue weighted by atomic mass is 16.1. The molecule has 1 aliphatic rings. The highest BCUT2D eigenvalue weighted by Crippen LogP contribution is 2.20. The molecule has 0 aromatic heterocycles. The minimum absolute atomic E-state index is 0.272. The van der Waals surface area contributed by atoms with Crippen molar-refractivity contribution in [2.24, 2.45) is 5.92 Å². The van der Waals surface area contributed by atoms with E-state index < -0.39 is 0 Å². The van der Waals surface area contributed by atoms with Gasteiger partial charge in [-0.05, 0) is 44.0 Å². The molecule has 3 nitrogen and oxygen atoms in total. The fourth-order valence-electron chi connectivity index (χ4n) is 2.31. The quantitative estimate of drug-likeness (QED) is 0.783. The summed E-state index contributed by atoms with van der Waals surface area (Å²) in [6, 6.07) is 7.75. The second-order valence-corrected chi connectivity index (χ2v) is 4.65. The van der Waals surface area contributed by atoms with Crippen LogP contribution in [0.25, 0.3) is 0 Å². The van der Waals surface area contributed by atoms with Crippen molar-refractivity contribution in [2.75, 3.05) is 25.5 Å². The lowest BCUT2D eigenvalue weighted by Crippen LogP contribution is -2.28. The molecule has 3 heteroatoms. The van der Waals surface area contributed by atoms with E-state index in [1.807, 2.05) is 31.3 Å². The van der Waals surface area contributed by atoms with Gasteiger partial charge in [0.1, 0.15) is 0 Å². The Morgan fingerprint density at radius 1 is 1.41 bits per heavy atom. The van der Waals surface area contributed by atoms with Crippen LogP contribution in [0.5, 0.6) is 0 Å². The predicted octanol–water partition coefficient (Wildman–Crippen LogP) is 2.30. The number of carbonyl (C=O) groups is 1. The fraction of sp³-hybridized carbons (Fsp3) is 0.500. The van der Waals surface area contributed by atoms with E-state index in [0.29, 0.717) is 12.3 Å². The monoisotopic (exact) mass is 232 g/mol. The van der Waals surface area contributed by atoms with Crippen molar-refractivity contribution in [2.45, 2.75) is 19.3 Å². The van der Waals surface area contributed by atoms with E-state index in [-0.39, 0.29) is 5.78 Å². The second kappa shape index (κ2) is 5.82. The van der Waals surface area contributed by atoms with Crippen LogP contribution in [-0.4, -0.2) is 25.9 Å². The number of hydrogen-bond donors (Lipinski definition) is 2. The van der Waals surface area contributed by atoms with Gasteiger partial charge in [0.15, 0.2) is 5.78 Å². The van der Waals surface area contributed by atoms with Crippen LogP contribution in [0.1, 0.15) is 29.6 Å². The first-order valence-electron chi connectivity index (χ1n) is 6.31.